The van der Waals surface area contributed by atoms with Gasteiger partial charge in [-0.25, -0.2) is 4.98 Å². The Morgan fingerprint density at radius 2 is 2.00 bits per heavy atom. The van der Waals surface area contributed by atoms with Gasteiger partial charge in [0.25, 0.3) is 11.5 Å². The Kier molecular flexibility index (Phi) is 5.46. The highest BCUT2D eigenvalue weighted by Gasteiger charge is 2.23. The lowest BCUT2D eigenvalue weighted by Gasteiger charge is -2.18. The highest BCUT2D eigenvalue weighted by atomic mass is 35.5. The molecule has 1 N–H and O–H groups in total. The first-order valence-corrected chi connectivity index (χ1v) is 8.92. The van der Waals surface area contributed by atoms with E-state index in [2.05, 4.69) is 10.3 Å². The summed E-state index contributed by atoms with van der Waals surface area (Å²) in [6.45, 7) is 4.52. The van der Waals surface area contributed by atoms with Crippen molar-refractivity contribution in [2.45, 2.75) is 20.4 Å². The van der Waals surface area contributed by atoms with Crippen molar-refractivity contribution in [1.82, 2.24) is 9.55 Å². The Morgan fingerprint density at radius 1 is 1.26 bits per heavy atom. The topological polar surface area (TPSA) is 73.2 Å². The van der Waals surface area contributed by atoms with Crippen molar-refractivity contribution in [2.24, 2.45) is 5.92 Å². The van der Waals surface area contributed by atoms with Crippen LogP contribution in [0.15, 0.2) is 47.4 Å². The quantitative estimate of drug-likeness (QED) is 0.721. The molecule has 0 aliphatic heterocycles. The molecule has 0 aliphatic rings. The van der Waals surface area contributed by atoms with Crippen molar-refractivity contribution in [3.63, 3.8) is 0 Å². The Labute approximate surface area is 161 Å². The van der Waals surface area contributed by atoms with Gasteiger partial charge in [0.05, 0.1) is 17.6 Å². The molecule has 0 unspecified atom stereocenters. The molecular weight excluding hydrogens is 366 g/mol. The minimum absolute atomic E-state index is 0.0476. The van der Waals surface area contributed by atoms with Crippen molar-refractivity contribution < 1.29 is 9.53 Å². The molecule has 1 aromatic carbocycles. The van der Waals surface area contributed by atoms with E-state index in [9.17, 15) is 9.59 Å². The first-order chi connectivity index (χ1) is 12.9. The largest absolute Gasteiger partial charge is 0.495 e. The lowest BCUT2D eigenvalue weighted by molar-refractivity contribution is 0.102. The SMILES string of the molecule is COc1c(C(=O)Nc2ccc(Cl)cn2)c(=O)n(CC(C)C)c2ccccc12. The van der Waals surface area contributed by atoms with E-state index in [1.807, 2.05) is 38.1 Å². The monoisotopic (exact) mass is 385 g/mol. The van der Waals surface area contributed by atoms with Crippen molar-refractivity contribution >= 4 is 34.2 Å². The van der Waals surface area contributed by atoms with E-state index >= 15 is 0 Å². The third-order valence-corrected chi connectivity index (χ3v) is 4.30. The highest BCUT2D eigenvalue weighted by molar-refractivity contribution is 6.30. The molecular formula is C20H20ClN3O3. The molecule has 1 amide bonds. The van der Waals surface area contributed by atoms with E-state index in [0.717, 1.165) is 5.52 Å². The molecule has 0 aliphatic carbocycles. The van der Waals surface area contributed by atoms with Gasteiger partial charge in [-0.1, -0.05) is 37.6 Å². The number of amides is 1. The summed E-state index contributed by atoms with van der Waals surface area (Å²) in [6.07, 6.45) is 1.42. The second kappa shape index (κ2) is 7.80. The number of nitrogens with zero attached hydrogens (tertiary/aromatic N) is 2. The minimum atomic E-state index is -0.574. The standard InChI is InChI=1S/C20H20ClN3O3/c1-12(2)11-24-15-7-5-4-6-14(15)18(27-3)17(20(24)26)19(25)23-16-9-8-13(21)10-22-16/h4-10,12H,11H2,1-3H3,(H,22,23,25). The summed E-state index contributed by atoms with van der Waals surface area (Å²) in [6, 6.07) is 10.6. The number of hydrogen-bond donors (Lipinski definition) is 1. The van der Waals surface area contributed by atoms with Crippen LogP contribution in [0.2, 0.25) is 5.02 Å². The maximum atomic E-state index is 13.2. The van der Waals surface area contributed by atoms with E-state index in [0.29, 0.717) is 22.8 Å². The molecule has 3 aromatic rings. The van der Waals surface area contributed by atoms with E-state index < -0.39 is 11.5 Å². The average Bonchev–Trinajstić information content (AvgIpc) is 2.65. The number of carbonyl (C=O) groups is 1. The number of ether oxygens (including phenoxy) is 1. The lowest BCUT2D eigenvalue weighted by Crippen LogP contribution is -2.31. The number of pyridine rings is 2. The van der Waals surface area contributed by atoms with Crippen LogP contribution in [-0.2, 0) is 6.54 Å². The number of aromatic nitrogens is 2. The summed E-state index contributed by atoms with van der Waals surface area (Å²) in [5, 5.41) is 3.80. The highest BCUT2D eigenvalue weighted by Crippen LogP contribution is 2.28. The van der Waals surface area contributed by atoms with Crippen LogP contribution in [-0.4, -0.2) is 22.6 Å². The Hall–Kier alpha value is -2.86. The van der Waals surface area contributed by atoms with Gasteiger partial charge in [0.15, 0.2) is 0 Å². The van der Waals surface area contributed by atoms with Crippen molar-refractivity contribution in [3.05, 3.63) is 63.5 Å². The molecule has 2 aromatic heterocycles. The normalized spacial score (nSPS) is 11.0. The first-order valence-electron chi connectivity index (χ1n) is 8.54. The maximum absolute atomic E-state index is 13.2. The number of nitrogens with one attached hydrogen (secondary N) is 1. The van der Waals surface area contributed by atoms with E-state index in [-0.39, 0.29) is 17.2 Å². The molecule has 2 heterocycles. The van der Waals surface area contributed by atoms with Gasteiger partial charge in [-0.15, -0.1) is 0 Å². The van der Waals surface area contributed by atoms with Crippen LogP contribution in [0.5, 0.6) is 5.75 Å². The van der Waals surface area contributed by atoms with E-state index in [4.69, 9.17) is 16.3 Å². The van der Waals surface area contributed by atoms with Gasteiger partial charge >= 0.3 is 0 Å². The zero-order chi connectivity index (χ0) is 19.6. The Balaban J connectivity index is 2.18. The minimum Gasteiger partial charge on any atom is -0.495 e. The summed E-state index contributed by atoms with van der Waals surface area (Å²) in [4.78, 5) is 30.1. The predicted molar refractivity (Wildman–Crippen MR) is 107 cm³/mol. The van der Waals surface area contributed by atoms with Gasteiger partial charge in [0.1, 0.15) is 17.1 Å². The fraction of sp³-hybridized carbons (Fsp3) is 0.250. The fourth-order valence-corrected chi connectivity index (χ4v) is 3.08. The van der Waals surface area contributed by atoms with Crippen LogP contribution in [0.3, 0.4) is 0 Å². The number of anilines is 1. The fourth-order valence-electron chi connectivity index (χ4n) is 2.96. The summed E-state index contributed by atoms with van der Waals surface area (Å²) < 4.78 is 7.08. The molecule has 0 radical (unpaired) electrons. The third-order valence-electron chi connectivity index (χ3n) is 4.07. The van der Waals surface area contributed by atoms with Gasteiger partial charge in [0.2, 0.25) is 0 Å². The van der Waals surface area contributed by atoms with Crippen LogP contribution >= 0.6 is 11.6 Å². The zero-order valence-electron chi connectivity index (χ0n) is 15.3. The molecule has 0 saturated heterocycles. The van der Waals surface area contributed by atoms with Crippen LogP contribution in [0.4, 0.5) is 5.82 Å². The van der Waals surface area contributed by atoms with Gasteiger partial charge in [0, 0.05) is 18.1 Å². The van der Waals surface area contributed by atoms with Crippen LogP contribution in [0, 0.1) is 5.92 Å². The number of rotatable bonds is 5. The number of hydrogen-bond acceptors (Lipinski definition) is 4. The number of benzene rings is 1. The second-order valence-corrected chi connectivity index (χ2v) is 6.99. The maximum Gasteiger partial charge on any atom is 0.267 e. The van der Waals surface area contributed by atoms with Crippen molar-refractivity contribution in [2.75, 3.05) is 12.4 Å². The number of methoxy groups -OCH3 is 1. The van der Waals surface area contributed by atoms with Crippen LogP contribution < -0.4 is 15.6 Å². The number of fused-ring (bicyclic) bond motifs is 1. The average molecular weight is 386 g/mol. The second-order valence-electron chi connectivity index (χ2n) is 6.55. The molecule has 7 heteroatoms. The molecule has 0 saturated carbocycles. The molecule has 140 valence electrons. The van der Waals surface area contributed by atoms with Gasteiger partial charge in [-0.05, 0) is 30.2 Å². The van der Waals surface area contributed by atoms with E-state index in [1.54, 1.807) is 16.7 Å². The predicted octanol–water partition coefficient (Wildman–Crippen LogP) is 3.97. The van der Waals surface area contributed by atoms with E-state index in [1.165, 1.54) is 13.3 Å². The van der Waals surface area contributed by atoms with Crippen LogP contribution in [0.1, 0.15) is 24.2 Å². The molecule has 27 heavy (non-hydrogen) atoms. The van der Waals surface area contributed by atoms with Gasteiger partial charge < -0.3 is 14.6 Å². The lowest BCUT2D eigenvalue weighted by atomic mass is 10.1. The summed E-state index contributed by atoms with van der Waals surface area (Å²) in [5.41, 5.74) is 0.286. The first kappa shape index (κ1) is 18.9. The van der Waals surface area contributed by atoms with Crippen LogP contribution in [0.25, 0.3) is 10.9 Å². The summed E-state index contributed by atoms with van der Waals surface area (Å²) in [7, 11) is 1.45. The van der Waals surface area contributed by atoms with Crippen molar-refractivity contribution in [3.8, 4) is 5.75 Å². The van der Waals surface area contributed by atoms with Crippen molar-refractivity contribution in [1.29, 1.82) is 0 Å². The number of halogens is 1. The molecule has 3 rings (SSSR count). The number of carbonyl (C=O) groups excluding carboxylic acids is 1. The summed E-state index contributed by atoms with van der Waals surface area (Å²) in [5.74, 6) is 0.208. The Bertz CT molecular complexity index is 1040. The zero-order valence-corrected chi connectivity index (χ0v) is 16.1. The molecule has 0 atom stereocenters. The smallest absolute Gasteiger partial charge is 0.267 e. The Morgan fingerprint density at radius 3 is 2.63 bits per heavy atom. The molecule has 0 fully saturated rings. The number of para-hydroxylation sites is 1. The third kappa shape index (κ3) is 3.80. The molecule has 0 bridgehead atoms. The molecule has 0 spiro atoms. The summed E-state index contributed by atoms with van der Waals surface area (Å²) >= 11 is 5.82. The van der Waals surface area contributed by atoms with Gasteiger partial charge in [-0.3, -0.25) is 9.59 Å². The molecule has 6 nitrogen and oxygen atoms in total. The van der Waals surface area contributed by atoms with Gasteiger partial charge in [-0.2, -0.15) is 0 Å².